The molecule has 1 aromatic carbocycles. The first kappa shape index (κ1) is 14.8. The Morgan fingerprint density at radius 1 is 1.40 bits per heavy atom. The molecule has 2 rings (SSSR count). The lowest BCUT2D eigenvalue weighted by Crippen LogP contribution is -2.34. The van der Waals surface area contributed by atoms with Crippen LogP contribution in [0.5, 0.6) is 0 Å². The van der Waals surface area contributed by atoms with E-state index in [1.807, 2.05) is 24.3 Å². The number of rotatable bonds is 5. The first-order chi connectivity index (χ1) is 9.63. The van der Waals surface area contributed by atoms with E-state index in [1.165, 1.54) is 0 Å². The van der Waals surface area contributed by atoms with E-state index in [4.69, 9.17) is 16.3 Å². The maximum Gasteiger partial charge on any atom is 0.255 e. The monoisotopic (exact) mass is 292 g/mol. The molecule has 0 aliphatic carbocycles. The van der Waals surface area contributed by atoms with Crippen LogP contribution in [0.1, 0.15) is 10.4 Å². The van der Waals surface area contributed by atoms with Crippen LogP contribution in [0.3, 0.4) is 0 Å². The van der Waals surface area contributed by atoms with Gasteiger partial charge in [0, 0.05) is 32.3 Å². The third-order valence-electron chi connectivity index (χ3n) is 3.03. The highest BCUT2D eigenvalue weighted by molar-refractivity contribution is 6.21. The van der Waals surface area contributed by atoms with Gasteiger partial charge in [-0.25, -0.2) is 0 Å². The molecule has 4 nitrogen and oxygen atoms in total. The van der Waals surface area contributed by atoms with Gasteiger partial charge in [-0.1, -0.05) is 18.2 Å². The zero-order valence-electron chi connectivity index (χ0n) is 11.5. The van der Waals surface area contributed by atoms with Crippen molar-refractivity contribution in [3.8, 4) is 0 Å². The van der Waals surface area contributed by atoms with Crippen LogP contribution in [0.2, 0.25) is 0 Å². The molecule has 1 atom stereocenters. The Labute approximate surface area is 123 Å². The van der Waals surface area contributed by atoms with E-state index in [9.17, 15) is 4.79 Å². The molecular formula is C15H17ClN2O2. The molecule has 0 saturated heterocycles. The lowest BCUT2D eigenvalue weighted by molar-refractivity contribution is 0.0783. The van der Waals surface area contributed by atoms with E-state index < -0.39 is 0 Å². The molecule has 0 bridgehead atoms. The fourth-order valence-electron chi connectivity index (χ4n) is 2.10. The van der Waals surface area contributed by atoms with Gasteiger partial charge in [-0.2, -0.15) is 0 Å². The number of nitrogens with zero attached hydrogens (tertiary/aromatic N) is 2. The Balaban J connectivity index is 2.23. The molecule has 0 N–H and O–H groups in total. The number of hydrogen-bond acceptors (Lipinski definition) is 3. The fourth-order valence-corrected chi connectivity index (χ4v) is 2.43. The summed E-state index contributed by atoms with van der Waals surface area (Å²) < 4.78 is 4.98. The van der Waals surface area contributed by atoms with Gasteiger partial charge in [0.2, 0.25) is 0 Å². The summed E-state index contributed by atoms with van der Waals surface area (Å²) in [5.41, 5.74) is 1.30. The van der Waals surface area contributed by atoms with E-state index in [0.29, 0.717) is 24.2 Å². The van der Waals surface area contributed by atoms with E-state index in [1.54, 1.807) is 31.3 Å². The normalized spacial score (nSPS) is 12.3. The minimum absolute atomic E-state index is 0.0870. The number of methoxy groups -OCH3 is 1. The molecular weight excluding hydrogens is 276 g/mol. The summed E-state index contributed by atoms with van der Waals surface area (Å²) in [7, 11) is 3.32. The molecule has 0 saturated carbocycles. The topological polar surface area (TPSA) is 42.4 Å². The van der Waals surface area contributed by atoms with Crippen LogP contribution in [0.15, 0.2) is 36.5 Å². The number of fused-ring (bicyclic) bond motifs is 1. The van der Waals surface area contributed by atoms with Crippen LogP contribution in [0, 0.1) is 0 Å². The number of carbonyl (C=O) groups excluding carboxylic acids is 1. The predicted molar refractivity (Wildman–Crippen MR) is 80.2 cm³/mol. The number of alkyl halides is 1. The Morgan fingerprint density at radius 2 is 2.15 bits per heavy atom. The zero-order valence-corrected chi connectivity index (χ0v) is 12.3. The molecule has 0 radical (unpaired) electrons. The lowest BCUT2D eigenvalue weighted by Gasteiger charge is -2.20. The minimum Gasteiger partial charge on any atom is -0.383 e. The van der Waals surface area contributed by atoms with Crippen LogP contribution >= 0.6 is 11.6 Å². The van der Waals surface area contributed by atoms with Crippen LogP contribution < -0.4 is 0 Å². The van der Waals surface area contributed by atoms with Gasteiger partial charge in [-0.3, -0.25) is 9.78 Å². The van der Waals surface area contributed by atoms with E-state index in [2.05, 4.69) is 4.98 Å². The summed E-state index contributed by atoms with van der Waals surface area (Å²) in [5.74, 6) is -0.0870. The Hall–Kier alpha value is -1.65. The molecule has 106 valence electrons. The van der Waals surface area contributed by atoms with E-state index in [-0.39, 0.29) is 11.3 Å². The summed E-state index contributed by atoms with van der Waals surface area (Å²) in [4.78, 5) is 18.4. The molecule has 20 heavy (non-hydrogen) atoms. The van der Waals surface area contributed by atoms with Gasteiger partial charge >= 0.3 is 0 Å². The second kappa shape index (κ2) is 6.68. The Bertz CT molecular complexity index is 598. The number of para-hydroxylation sites is 1. The fraction of sp³-hybridized carbons (Fsp3) is 0.333. The van der Waals surface area contributed by atoms with Crippen LogP contribution in [0.4, 0.5) is 0 Å². The molecule has 1 aromatic heterocycles. The van der Waals surface area contributed by atoms with Crippen molar-refractivity contribution in [3.05, 3.63) is 42.1 Å². The largest absolute Gasteiger partial charge is 0.383 e. The summed E-state index contributed by atoms with van der Waals surface area (Å²) in [6.45, 7) is 0.838. The highest BCUT2D eigenvalue weighted by Gasteiger charge is 2.18. The van der Waals surface area contributed by atoms with Gasteiger partial charge in [0.1, 0.15) is 0 Å². The highest BCUT2D eigenvalue weighted by Crippen LogP contribution is 2.17. The number of benzene rings is 1. The number of carbonyl (C=O) groups is 1. The maximum atomic E-state index is 12.5. The first-order valence-electron chi connectivity index (χ1n) is 6.35. The molecule has 0 aliphatic heterocycles. The van der Waals surface area contributed by atoms with Gasteiger partial charge in [-0.05, 0) is 12.1 Å². The van der Waals surface area contributed by atoms with Crippen molar-refractivity contribution in [2.45, 2.75) is 5.38 Å². The summed E-state index contributed by atoms with van der Waals surface area (Å²) in [6.07, 6.45) is 1.69. The smallest absolute Gasteiger partial charge is 0.255 e. The highest BCUT2D eigenvalue weighted by atomic mass is 35.5. The van der Waals surface area contributed by atoms with Gasteiger partial charge in [-0.15, -0.1) is 11.6 Å². The summed E-state index contributed by atoms with van der Waals surface area (Å²) in [6, 6.07) is 9.38. The van der Waals surface area contributed by atoms with E-state index >= 15 is 0 Å². The van der Waals surface area contributed by atoms with Crippen LogP contribution in [-0.4, -0.2) is 48.5 Å². The first-order valence-corrected chi connectivity index (χ1v) is 6.79. The second-order valence-corrected chi connectivity index (χ2v) is 5.24. The van der Waals surface area contributed by atoms with Gasteiger partial charge in [0.05, 0.1) is 23.1 Å². The zero-order chi connectivity index (χ0) is 14.5. The number of ether oxygens (including phenoxy) is 1. The average molecular weight is 293 g/mol. The summed E-state index contributed by atoms with van der Waals surface area (Å²) in [5, 5.41) is 0.725. The molecule has 0 spiro atoms. The van der Waals surface area contributed by atoms with Gasteiger partial charge in [0.15, 0.2) is 0 Å². The number of amides is 1. The minimum atomic E-state index is -0.225. The van der Waals surface area contributed by atoms with Crippen molar-refractivity contribution in [3.63, 3.8) is 0 Å². The number of halogens is 1. The average Bonchev–Trinajstić information content (AvgIpc) is 2.46. The van der Waals surface area contributed by atoms with Crippen molar-refractivity contribution >= 4 is 28.4 Å². The number of aromatic nitrogens is 1. The molecule has 2 aromatic rings. The third kappa shape index (κ3) is 3.26. The van der Waals surface area contributed by atoms with Gasteiger partial charge in [0.25, 0.3) is 5.91 Å². The molecule has 5 heteroatoms. The molecule has 1 amide bonds. The van der Waals surface area contributed by atoms with Crippen molar-refractivity contribution in [1.82, 2.24) is 9.88 Å². The molecule has 1 heterocycles. The third-order valence-corrected chi connectivity index (χ3v) is 3.29. The number of hydrogen-bond donors (Lipinski definition) is 0. The van der Waals surface area contributed by atoms with Crippen molar-refractivity contribution in [2.24, 2.45) is 0 Å². The van der Waals surface area contributed by atoms with Crippen LogP contribution in [-0.2, 0) is 4.74 Å². The molecule has 0 fully saturated rings. The standard InChI is InChI=1S/C15H17ClN2O2/c1-18(9-12(16)10-20-2)15(19)13-7-3-5-11-6-4-8-17-14(11)13/h3-8,12H,9-10H2,1-2H3. The SMILES string of the molecule is COCC(Cl)CN(C)C(=O)c1cccc2cccnc12. The quantitative estimate of drug-likeness (QED) is 0.796. The second-order valence-electron chi connectivity index (χ2n) is 4.62. The predicted octanol–water partition coefficient (Wildman–Crippen LogP) is 2.56. The summed E-state index contributed by atoms with van der Waals surface area (Å²) >= 11 is 6.09. The van der Waals surface area contributed by atoms with Gasteiger partial charge < -0.3 is 9.64 Å². The Morgan fingerprint density at radius 3 is 2.90 bits per heavy atom. The lowest BCUT2D eigenvalue weighted by atomic mass is 10.1. The molecule has 0 aliphatic rings. The van der Waals surface area contributed by atoms with Crippen molar-refractivity contribution in [2.75, 3.05) is 27.3 Å². The van der Waals surface area contributed by atoms with Crippen molar-refractivity contribution in [1.29, 1.82) is 0 Å². The van der Waals surface area contributed by atoms with E-state index in [0.717, 1.165) is 5.39 Å². The number of pyridine rings is 1. The maximum absolute atomic E-state index is 12.5. The molecule has 1 unspecified atom stereocenters. The van der Waals surface area contributed by atoms with Crippen molar-refractivity contribution < 1.29 is 9.53 Å². The van der Waals surface area contributed by atoms with Crippen LogP contribution in [0.25, 0.3) is 10.9 Å². The Kier molecular flexibility index (Phi) is 4.93.